The van der Waals surface area contributed by atoms with Gasteiger partial charge in [-0.15, -0.1) is 0 Å². The predicted molar refractivity (Wildman–Crippen MR) is 112 cm³/mol. The van der Waals surface area contributed by atoms with Crippen molar-refractivity contribution in [3.05, 3.63) is 35.7 Å². The molecule has 0 spiro atoms. The molecule has 0 atom stereocenters. The van der Waals surface area contributed by atoms with E-state index in [1.54, 1.807) is 13.3 Å². The number of rotatable bonds is 4. The predicted octanol–water partition coefficient (Wildman–Crippen LogP) is 3.19. The maximum absolute atomic E-state index is 13.1. The lowest BCUT2D eigenvalue weighted by molar-refractivity contribution is 0.0707. The summed E-state index contributed by atoms with van der Waals surface area (Å²) in [6.07, 6.45) is 6.07. The van der Waals surface area contributed by atoms with E-state index in [0.29, 0.717) is 34.8 Å². The Bertz CT molecular complexity index is 1160. The van der Waals surface area contributed by atoms with Gasteiger partial charge in [-0.2, -0.15) is 4.98 Å². The number of hydrogen-bond donors (Lipinski definition) is 1. The lowest BCUT2D eigenvalue weighted by Gasteiger charge is -2.23. The Labute approximate surface area is 174 Å². The van der Waals surface area contributed by atoms with E-state index in [9.17, 15) is 4.79 Å². The highest BCUT2D eigenvalue weighted by Gasteiger charge is 2.37. The molecule has 1 aliphatic carbocycles. The van der Waals surface area contributed by atoms with Crippen molar-refractivity contribution < 1.29 is 14.3 Å². The number of aromatic nitrogens is 3. The number of carbonyl (C=O) groups excluding carboxylic acids is 1. The van der Waals surface area contributed by atoms with E-state index in [2.05, 4.69) is 9.97 Å². The molecule has 3 aromatic rings. The van der Waals surface area contributed by atoms with Crippen molar-refractivity contribution in [3.63, 3.8) is 0 Å². The maximum Gasteiger partial charge on any atom is 0.319 e. The number of nitrogens with two attached hydrogens (primary N) is 1. The summed E-state index contributed by atoms with van der Waals surface area (Å²) in [6.45, 7) is 0.504. The fraction of sp³-hybridized carbons (Fsp3) is 0.364. The van der Waals surface area contributed by atoms with Gasteiger partial charge in [0.1, 0.15) is 0 Å². The zero-order valence-electron chi connectivity index (χ0n) is 17.0. The standard InChI is InChI=1S/C22H23N5O3/c1-29-20-15(10-24-22(26-20)30-2)13-8-5-9-14-18(23)17-16(25-19(13)14)11-27(21(17)28)12-6-3-4-7-12/h5,8-10,12H,3-4,6-7,11H2,1-2H3,(H2,23,25). The molecule has 2 aromatic heterocycles. The van der Waals surface area contributed by atoms with E-state index < -0.39 is 0 Å². The Morgan fingerprint density at radius 2 is 1.90 bits per heavy atom. The third-order valence-corrected chi connectivity index (χ3v) is 6.09. The van der Waals surface area contributed by atoms with Crippen molar-refractivity contribution in [1.82, 2.24) is 19.9 Å². The fourth-order valence-electron chi connectivity index (χ4n) is 4.61. The van der Waals surface area contributed by atoms with Crippen LogP contribution >= 0.6 is 0 Å². The second-order valence-corrected chi connectivity index (χ2v) is 7.70. The van der Waals surface area contributed by atoms with Gasteiger partial charge in [0.15, 0.2) is 0 Å². The van der Waals surface area contributed by atoms with Crippen LogP contribution in [0.25, 0.3) is 22.0 Å². The van der Waals surface area contributed by atoms with Crippen molar-refractivity contribution >= 4 is 22.5 Å². The minimum atomic E-state index is -0.000403. The minimum absolute atomic E-state index is 0.000403. The van der Waals surface area contributed by atoms with Crippen LogP contribution in [0.15, 0.2) is 24.4 Å². The van der Waals surface area contributed by atoms with Crippen LogP contribution in [-0.2, 0) is 6.54 Å². The normalized spacial score (nSPS) is 16.3. The Morgan fingerprint density at radius 1 is 1.10 bits per heavy atom. The number of para-hydroxylation sites is 1. The third kappa shape index (κ3) is 2.74. The number of ether oxygens (including phenoxy) is 2. The Morgan fingerprint density at radius 3 is 2.63 bits per heavy atom. The van der Waals surface area contributed by atoms with Gasteiger partial charge in [0.25, 0.3) is 5.91 Å². The van der Waals surface area contributed by atoms with Crippen LogP contribution in [0.1, 0.15) is 41.7 Å². The quantitative estimate of drug-likeness (QED) is 0.711. The molecule has 0 saturated heterocycles. The number of amides is 1. The fourth-order valence-corrected chi connectivity index (χ4v) is 4.61. The number of nitrogens with zero attached hydrogens (tertiary/aromatic N) is 4. The molecule has 0 radical (unpaired) electrons. The smallest absolute Gasteiger partial charge is 0.319 e. The topological polar surface area (TPSA) is 103 Å². The molecule has 1 amide bonds. The number of anilines is 1. The van der Waals surface area contributed by atoms with Gasteiger partial charge in [-0.05, 0) is 12.8 Å². The number of carbonyl (C=O) groups is 1. The largest absolute Gasteiger partial charge is 0.480 e. The average Bonchev–Trinajstić information content (AvgIpc) is 3.41. The van der Waals surface area contributed by atoms with Crippen LogP contribution in [0, 0.1) is 0 Å². The number of fused-ring (bicyclic) bond motifs is 2. The second kappa shape index (κ2) is 7.12. The number of benzene rings is 1. The van der Waals surface area contributed by atoms with E-state index >= 15 is 0 Å². The van der Waals surface area contributed by atoms with E-state index in [1.807, 2.05) is 23.1 Å². The molecule has 1 aromatic carbocycles. The number of methoxy groups -OCH3 is 2. The summed E-state index contributed by atoms with van der Waals surface area (Å²) in [7, 11) is 3.05. The SMILES string of the molecule is COc1ncc(-c2cccc3c(N)c4c(nc23)CN(C2CCCC2)C4=O)c(OC)n1. The number of hydrogen-bond acceptors (Lipinski definition) is 7. The number of nitrogen functional groups attached to an aromatic ring is 1. The molecular formula is C22H23N5O3. The highest BCUT2D eigenvalue weighted by atomic mass is 16.5. The molecule has 2 aliphatic rings. The zero-order valence-corrected chi connectivity index (χ0v) is 17.0. The van der Waals surface area contributed by atoms with Crippen LogP contribution in [0.3, 0.4) is 0 Å². The average molecular weight is 405 g/mol. The molecule has 2 N–H and O–H groups in total. The summed E-state index contributed by atoms with van der Waals surface area (Å²) >= 11 is 0. The lowest BCUT2D eigenvalue weighted by Crippen LogP contribution is -2.33. The maximum atomic E-state index is 13.1. The molecule has 30 heavy (non-hydrogen) atoms. The van der Waals surface area contributed by atoms with Gasteiger partial charge in [-0.25, -0.2) is 9.97 Å². The molecule has 3 heterocycles. The van der Waals surface area contributed by atoms with Crippen LogP contribution in [-0.4, -0.2) is 46.0 Å². The van der Waals surface area contributed by atoms with Gasteiger partial charge in [0.2, 0.25) is 5.88 Å². The Hall–Kier alpha value is -3.42. The monoisotopic (exact) mass is 405 g/mol. The summed E-state index contributed by atoms with van der Waals surface area (Å²) < 4.78 is 10.6. The highest BCUT2D eigenvalue weighted by Crippen LogP contribution is 2.40. The van der Waals surface area contributed by atoms with E-state index in [0.717, 1.165) is 42.3 Å². The van der Waals surface area contributed by atoms with Crippen LogP contribution in [0.5, 0.6) is 11.9 Å². The van der Waals surface area contributed by atoms with Gasteiger partial charge in [0, 0.05) is 23.2 Å². The Kier molecular flexibility index (Phi) is 4.42. The van der Waals surface area contributed by atoms with Gasteiger partial charge in [-0.1, -0.05) is 31.0 Å². The molecule has 0 unspecified atom stereocenters. The summed E-state index contributed by atoms with van der Waals surface area (Å²) in [5, 5.41) is 0.741. The highest BCUT2D eigenvalue weighted by molar-refractivity contribution is 6.11. The zero-order chi connectivity index (χ0) is 20.8. The van der Waals surface area contributed by atoms with Crippen molar-refractivity contribution in [2.75, 3.05) is 20.0 Å². The molecular weight excluding hydrogens is 382 g/mol. The van der Waals surface area contributed by atoms with E-state index in [-0.39, 0.29) is 18.0 Å². The summed E-state index contributed by atoms with van der Waals surface area (Å²) in [5.41, 5.74) is 10.5. The lowest BCUT2D eigenvalue weighted by atomic mass is 10.0. The minimum Gasteiger partial charge on any atom is -0.480 e. The molecule has 8 heteroatoms. The van der Waals surface area contributed by atoms with Gasteiger partial charge >= 0.3 is 6.01 Å². The molecule has 1 aliphatic heterocycles. The molecule has 154 valence electrons. The van der Waals surface area contributed by atoms with E-state index in [1.165, 1.54) is 7.11 Å². The summed E-state index contributed by atoms with van der Waals surface area (Å²) in [6, 6.07) is 6.22. The molecule has 1 saturated carbocycles. The molecule has 0 bridgehead atoms. The molecule has 1 fully saturated rings. The molecule has 8 nitrogen and oxygen atoms in total. The summed E-state index contributed by atoms with van der Waals surface area (Å²) in [4.78, 5) is 28.5. The van der Waals surface area contributed by atoms with Crippen molar-refractivity contribution in [3.8, 4) is 23.0 Å². The van der Waals surface area contributed by atoms with Crippen molar-refractivity contribution in [1.29, 1.82) is 0 Å². The van der Waals surface area contributed by atoms with Gasteiger partial charge in [0.05, 0.1) is 48.8 Å². The first kappa shape index (κ1) is 18.6. The van der Waals surface area contributed by atoms with Crippen LogP contribution in [0.4, 0.5) is 5.69 Å². The number of pyridine rings is 1. The Balaban J connectivity index is 1.67. The van der Waals surface area contributed by atoms with E-state index in [4.69, 9.17) is 20.2 Å². The third-order valence-electron chi connectivity index (χ3n) is 6.09. The molecule has 5 rings (SSSR count). The summed E-state index contributed by atoms with van der Waals surface area (Å²) in [5.74, 6) is 0.387. The van der Waals surface area contributed by atoms with Crippen LogP contribution < -0.4 is 15.2 Å². The second-order valence-electron chi connectivity index (χ2n) is 7.70. The first-order chi connectivity index (χ1) is 14.6. The first-order valence-electron chi connectivity index (χ1n) is 10.1. The van der Waals surface area contributed by atoms with Gasteiger partial charge in [-0.3, -0.25) is 4.79 Å². The first-order valence-corrected chi connectivity index (χ1v) is 10.1. The van der Waals surface area contributed by atoms with Crippen LogP contribution in [0.2, 0.25) is 0 Å². The van der Waals surface area contributed by atoms with Crippen molar-refractivity contribution in [2.45, 2.75) is 38.3 Å². The van der Waals surface area contributed by atoms with Gasteiger partial charge < -0.3 is 20.1 Å². The van der Waals surface area contributed by atoms with Crippen molar-refractivity contribution in [2.24, 2.45) is 0 Å².